The predicted octanol–water partition coefficient (Wildman–Crippen LogP) is 3.28. The highest BCUT2D eigenvalue weighted by Gasteiger charge is 2.19. The maximum absolute atomic E-state index is 13.6. The molecule has 0 aromatic heterocycles. The first-order chi connectivity index (χ1) is 13.7. The highest BCUT2D eigenvalue weighted by Crippen LogP contribution is 2.20. The van der Waals surface area contributed by atoms with Crippen LogP contribution in [0, 0.1) is 5.82 Å². The highest BCUT2D eigenvalue weighted by molar-refractivity contribution is 14.0. The molecule has 2 aromatic carbocycles. The first-order valence-corrected chi connectivity index (χ1v) is 11.7. The van der Waals surface area contributed by atoms with Crippen LogP contribution in [-0.2, 0) is 22.1 Å². The van der Waals surface area contributed by atoms with Gasteiger partial charge >= 0.3 is 0 Å². The molecule has 1 saturated heterocycles. The molecule has 1 aliphatic heterocycles. The molecule has 10 heteroatoms. The van der Waals surface area contributed by atoms with E-state index in [2.05, 4.69) is 9.89 Å². The Morgan fingerprint density at radius 2 is 1.73 bits per heavy atom. The van der Waals surface area contributed by atoms with Crippen LogP contribution in [0.15, 0.2) is 47.5 Å². The third-order valence-electron chi connectivity index (χ3n) is 4.79. The summed E-state index contributed by atoms with van der Waals surface area (Å²) in [5.41, 5.74) is 8.32. The van der Waals surface area contributed by atoms with Crippen LogP contribution in [-0.4, -0.2) is 51.7 Å². The lowest BCUT2D eigenvalue weighted by Gasteiger charge is -2.36. The monoisotopic (exact) mass is 566 g/mol. The number of hydrogen-bond donors (Lipinski definition) is 1. The lowest BCUT2D eigenvalue weighted by atomic mass is 10.1. The molecule has 6 nitrogen and oxygen atoms in total. The van der Waals surface area contributed by atoms with E-state index in [0.29, 0.717) is 35.2 Å². The van der Waals surface area contributed by atoms with Crippen molar-refractivity contribution >= 4 is 57.1 Å². The third kappa shape index (κ3) is 6.98. The average Bonchev–Trinajstić information content (AvgIpc) is 2.67. The summed E-state index contributed by atoms with van der Waals surface area (Å²) in [6, 6.07) is 11.8. The van der Waals surface area contributed by atoms with Gasteiger partial charge in [-0.25, -0.2) is 17.8 Å². The molecule has 2 N–H and O–H groups in total. The topological polar surface area (TPSA) is 79.0 Å². The van der Waals surface area contributed by atoms with Crippen molar-refractivity contribution in [1.82, 2.24) is 4.90 Å². The van der Waals surface area contributed by atoms with Gasteiger partial charge in [-0.1, -0.05) is 17.7 Å². The molecule has 0 spiro atoms. The van der Waals surface area contributed by atoms with Gasteiger partial charge in [0.25, 0.3) is 0 Å². The van der Waals surface area contributed by atoms with Gasteiger partial charge in [0.2, 0.25) is 0 Å². The molecule has 0 bridgehead atoms. The van der Waals surface area contributed by atoms with Crippen LogP contribution < -0.4 is 10.6 Å². The van der Waals surface area contributed by atoms with E-state index in [1.807, 2.05) is 29.2 Å². The van der Waals surface area contributed by atoms with E-state index in [-0.39, 0.29) is 36.3 Å². The molecule has 0 unspecified atom stereocenters. The number of anilines is 1. The maximum atomic E-state index is 13.6. The number of nitrogens with zero attached hydrogens (tertiary/aromatic N) is 3. The smallest absolute Gasteiger partial charge is 0.191 e. The zero-order valence-electron chi connectivity index (χ0n) is 16.6. The molecule has 164 valence electrons. The van der Waals surface area contributed by atoms with Gasteiger partial charge in [0.1, 0.15) is 5.82 Å². The van der Waals surface area contributed by atoms with E-state index in [0.717, 1.165) is 25.0 Å². The Balaban J connectivity index is 0.00000320. The maximum Gasteiger partial charge on any atom is 0.191 e. The van der Waals surface area contributed by atoms with Gasteiger partial charge in [0, 0.05) is 43.1 Å². The number of sulfone groups is 1. The molecular weight excluding hydrogens is 542 g/mol. The molecule has 1 aliphatic rings. The van der Waals surface area contributed by atoms with Crippen LogP contribution >= 0.6 is 35.6 Å². The Kier molecular flexibility index (Phi) is 8.74. The fraction of sp³-hybridized carbons (Fsp3) is 0.350. The number of hydrogen-bond acceptors (Lipinski definition) is 4. The van der Waals surface area contributed by atoms with Gasteiger partial charge in [-0.2, -0.15) is 0 Å². The van der Waals surface area contributed by atoms with Crippen molar-refractivity contribution in [2.24, 2.45) is 10.7 Å². The van der Waals surface area contributed by atoms with Gasteiger partial charge in [-0.05, 0) is 47.5 Å². The number of halogens is 3. The van der Waals surface area contributed by atoms with E-state index in [9.17, 15) is 12.8 Å². The Morgan fingerprint density at radius 3 is 2.33 bits per heavy atom. The van der Waals surface area contributed by atoms with E-state index < -0.39 is 15.7 Å². The number of nitrogens with two attached hydrogens (primary N) is 1. The quantitative estimate of drug-likeness (QED) is 0.342. The van der Waals surface area contributed by atoms with Crippen LogP contribution in [0.2, 0.25) is 5.02 Å². The molecule has 0 atom stereocenters. The minimum atomic E-state index is -3.23. The zero-order chi connectivity index (χ0) is 21.0. The van der Waals surface area contributed by atoms with Crippen molar-refractivity contribution in [1.29, 1.82) is 0 Å². The summed E-state index contributed by atoms with van der Waals surface area (Å²) in [4.78, 5) is 8.60. The fourth-order valence-corrected chi connectivity index (χ4v) is 4.25. The molecular formula is C20H25ClFIN4O2S. The number of aliphatic imine (C=N–C) groups is 1. The molecule has 0 radical (unpaired) electrons. The first kappa shape index (κ1) is 24.7. The fourth-order valence-electron chi connectivity index (χ4n) is 3.28. The van der Waals surface area contributed by atoms with Crippen molar-refractivity contribution in [2.75, 3.05) is 37.3 Å². The Bertz CT molecular complexity index is 994. The largest absolute Gasteiger partial charge is 0.370 e. The Hall–Kier alpha value is -1.59. The van der Waals surface area contributed by atoms with Gasteiger partial charge in [0.05, 0.1) is 12.3 Å². The summed E-state index contributed by atoms with van der Waals surface area (Å²) in [7, 11) is -3.23. The van der Waals surface area contributed by atoms with Crippen LogP contribution in [0.4, 0.5) is 10.1 Å². The molecule has 3 rings (SSSR count). The summed E-state index contributed by atoms with van der Waals surface area (Å²) >= 11 is 5.94. The molecule has 1 heterocycles. The second-order valence-electron chi connectivity index (χ2n) is 7.11. The minimum Gasteiger partial charge on any atom is -0.370 e. The Morgan fingerprint density at radius 1 is 1.10 bits per heavy atom. The average molecular weight is 567 g/mol. The molecule has 0 saturated carbocycles. The normalized spacial score (nSPS) is 15.1. The van der Waals surface area contributed by atoms with E-state index >= 15 is 0 Å². The number of piperazine rings is 1. The Labute approximate surface area is 198 Å². The summed E-state index contributed by atoms with van der Waals surface area (Å²) in [5.74, 6) is -0.212. The van der Waals surface area contributed by atoms with Gasteiger partial charge < -0.3 is 15.5 Å². The summed E-state index contributed by atoms with van der Waals surface area (Å²) in [5, 5.41) is 0.705. The number of benzene rings is 2. The molecule has 30 heavy (non-hydrogen) atoms. The van der Waals surface area contributed by atoms with E-state index in [4.69, 9.17) is 17.3 Å². The lowest BCUT2D eigenvalue weighted by Crippen LogP contribution is -2.51. The van der Waals surface area contributed by atoms with Crippen molar-refractivity contribution in [3.05, 3.63) is 64.4 Å². The van der Waals surface area contributed by atoms with Crippen LogP contribution in [0.5, 0.6) is 0 Å². The zero-order valence-corrected chi connectivity index (χ0v) is 20.5. The molecule has 2 aromatic rings. The van der Waals surface area contributed by atoms with Crippen molar-refractivity contribution < 1.29 is 12.8 Å². The van der Waals surface area contributed by atoms with Crippen molar-refractivity contribution in [3.63, 3.8) is 0 Å². The SMILES string of the molecule is CS(=O)(=O)Cc1ccc(F)cc1CN=C(N)N1CCN(c2ccc(Cl)cc2)CC1.I. The summed E-state index contributed by atoms with van der Waals surface area (Å²) in [6.07, 6.45) is 1.15. The second-order valence-corrected chi connectivity index (χ2v) is 9.68. The van der Waals surface area contributed by atoms with Gasteiger partial charge in [0.15, 0.2) is 15.8 Å². The van der Waals surface area contributed by atoms with Crippen LogP contribution in [0.25, 0.3) is 0 Å². The number of guanidine groups is 1. The van der Waals surface area contributed by atoms with Gasteiger partial charge in [-0.3, -0.25) is 0 Å². The lowest BCUT2D eigenvalue weighted by molar-refractivity contribution is 0.380. The highest BCUT2D eigenvalue weighted by atomic mass is 127. The molecule has 0 aliphatic carbocycles. The second kappa shape index (κ2) is 10.6. The summed E-state index contributed by atoms with van der Waals surface area (Å²) < 4.78 is 36.9. The van der Waals surface area contributed by atoms with Gasteiger partial charge in [-0.15, -0.1) is 24.0 Å². The molecule has 1 fully saturated rings. The standard InChI is InChI=1S/C20H24ClFN4O2S.HI/c1-29(27,28)14-15-2-5-18(22)12-16(15)13-24-20(23)26-10-8-25(9-11-26)19-6-3-17(21)4-7-19;/h2-7,12H,8-11,13-14H2,1H3,(H2,23,24);1H. The summed E-state index contributed by atoms with van der Waals surface area (Å²) in [6.45, 7) is 3.12. The third-order valence-corrected chi connectivity index (χ3v) is 5.88. The minimum absolute atomic E-state index is 0. The molecule has 0 amide bonds. The predicted molar refractivity (Wildman–Crippen MR) is 131 cm³/mol. The van der Waals surface area contributed by atoms with Crippen LogP contribution in [0.1, 0.15) is 11.1 Å². The first-order valence-electron chi connectivity index (χ1n) is 9.22. The van der Waals surface area contributed by atoms with Crippen molar-refractivity contribution in [3.8, 4) is 0 Å². The van der Waals surface area contributed by atoms with E-state index in [1.54, 1.807) is 0 Å². The van der Waals surface area contributed by atoms with Crippen LogP contribution in [0.3, 0.4) is 0 Å². The van der Waals surface area contributed by atoms with Crippen molar-refractivity contribution in [2.45, 2.75) is 12.3 Å². The van der Waals surface area contributed by atoms with E-state index in [1.165, 1.54) is 18.2 Å². The number of rotatable bonds is 5.